The molecule has 0 radical (unpaired) electrons. The van der Waals surface area contributed by atoms with Gasteiger partial charge in [-0.15, -0.1) is 16.4 Å². The molecule has 0 unspecified atom stereocenters. The molecule has 4 aromatic rings. The number of amides is 1. The van der Waals surface area contributed by atoms with E-state index in [2.05, 4.69) is 57.0 Å². The first-order valence-electron chi connectivity index (χ1n) is 8.42. The molecule has 0 saturated carbocycles. The van der Waals surface area contributed by atoms with Crippen LogP contribution in [0.15, 0.2) is 60.2 Å². The van der Waals surface area contributed by atoms with E-state index in [1.54, 1.807) is 24.3 Å². The number of hydrogen-bond acceptors (Lipinski definition) is 6. The van der Waals surface area contributed by atoms with Crippen LogP contribution >= 0.6 is 11.3 Å². The van der Waals surface area contributed by atoms with E-state index in [4.69, 9.17) is 0 Å². The third-order valence-electron chi connectivity index (χ3n) is 4.13. The van der Waals surface area contributed by atoms with Crippen molar-refractivity contribution in [1.29, 1.82) is 0 Å². The Morgan fingerprint density at radius 2 is 1.89 bits per heavy atom. The lowest BCUT2D eigenvalue weighted by molar-refractivity contribution is 0.102. The fourth-order valence-corrected chi connectivity index (χ4v) is 3.30. The second-order valence-electron chi connectivity index (χ2n) is 5.84. The molecular weight excluding hydrogens is 360 g/mol. The van der Waals surface area contributed by atoms with Gasteiger partial charge in [0.05, 0.1) is 11.4 Å². The summed E-state index contributed by atoms with van der Waals surface area (Å²) in [5, 5.41) is 16.4. The summed E-state index contributed by atoms with van der Waals surface area (Å²) in [4.78, 5) is 17.0. The third kappa shape index (κ3) is 3.75. The predicted octanol–water partition coefficient (Wildman–Crippen LogP) is 3.60. The van der Waals surface area contributed by atoms with Gasteiger partial charge in [-0.1, -0.05) is 31.2 Å². The zero-order valence-electron chi connectivity index (χ0n) is 14.5. The highest BCUT2D eigenvalue weighted by Crippen LogP contribution is 2.25. The Labute approximate surface area is 159 Å². The molecule has 0 saturated heterocycles. The van der Waals surface area contributed by atoms with Crippen molar-refractivity contribution in [1.82, 2.24) is 25.2 Å². The van der Waals surface area contributed by atoms with Crippen LogP contribution in [0.25, 0.3) is 16.9 Å². The summed E-state index contributed by atoms with van der Waals surface area (Å²) in [5.41, 5.74) is 4.49. The number of nitrogens with zero attached hydrogens (tertiary/aromatic N) is 5. The van der Waals surface area contributed by atoms with Gasteiger partial charge < -0.3 is 0 Å². The van der Waals surface area contributed by atoms with Gasteiger partial charge in [0.15, 0.2) is 5.13 Å². The summed E-state index contributed by atoms with van der Waals surface area (Å²) in [7, 11) is 0. The SMILES string of the molecule is CCc1ccc(-c2csc(NC(=O)c3ccc(-n4cnnn4)cc3)n2)cc1. The number of anilines is 1. The van der Waals surface area contributed by atoms with Crippen molar-refractivity contribution in [3.05, 3.63) is 71.4 Å². The van der Waals surface area contributed by atoms with E-state index in [1.165, 1.54) is 27.9 Å². The van der Waals surface area contributed by atoms with Crippen molar-refractivity contribution in [2.45, 2.75) is 13.3 Å². The van der Waals surface area contributed by atoms with Crippen molar-refractivity contribution in [3.63, 3.8) is 0 Å². The second kappa shape index (κ2) is 7.46. The highest BCUT2D eigenvalue weighted by molar-refractivity contribution is 7.14. The Kier molecular flexibility index (Phi) is 4.71. The molecule has 2 aromatic carbocycles. The maximum absolute atomic E-state index is 12.4. The Bertz CT molecular complexity index is 1040. The first-order valence-corrected chi connectivity index (χ1v) is 9.30. The number of tetrazole rings is 1. The number of thiazole rings is 1. The van der Waals surface area contributed by atoms with Gasteiger partial charge in [-0.2, -0.15) is 0 Å². The number of rotatable bonds is 5. The van der Waals surface area contributed by atoms with Gasteiger partial charge in [-0.25, -0.2) is 9.67 Å². The van der Waals surface area contributed by atoms with E-state index < -0.39 is 0 Å². The zero-order chi connectivity index (χ0) is 18.6. The fourth-order valence-electron chi connectivity index (χ4n) is 2.59. The third-order valence-corrected chi connectivity index (χ3v) is 4.88. The van der Waals surface area contributed by atoms with Crippen molar-refractivity contribution >= 4 is 22.4 Å². The molecule has 0 aliphatic rings. The number of benzene rings is 2. The molecule has 2 heterocycles. The number of nitrogens with one attached hydrogen (secondary N) is 1. The van der Waals surface area contributed by atoms with Crippen LogP contribution in [0.5, 0.6) is 0 Å². The molecule has 1 N–H and O–H groups in total. The molecule has 0 spiro atoms. The quantitative estimate of drug-likeness (QED) is 0.575. The summed E-state index contributed by atoms with van der Waals surface area (Å²) in [6.45, 7) is 2.13. The van der Waals surface area contributed by atoms with Gasteiger partial charge >= 0.3 is 0 Å². The van der Waals surface area contributed by atoms with Crippen LogP contribution < -0.4 is 5.32 Å². The fraction of sp³-hybridized carbons (Fsp3) is 0.105. The lowest BCUT2D eigenvalue weighted by Crippen LogP contribution is -2.11. The van der Waals surface area contributed by atoms with E-state index in [-0.39, 0.29) is 5.91 Å². The minimum atomic E-state index is -0.208. The largest absolute Gasteiger partial charge is 0.298 e. The lowest BCUT2D eigenvalue weighted by Gasteiger charge is -2.03. The molecule has 8 heteroatoms. The maximum atomic E-state index is 12.4. The lowest BCUT2D eigenvalue weighted by atomic mass is 10.1. The number of aryl methyl sites for hydroxylation is 1. The minimum absolute atomic E-state index is 0.208. The van der Waals surface area contributed by atoms with Crippen molar-refractivity contribution in [3.8, 4) is 16.9 Å². The van der Waals surface area contributed by atoms with E-state index >= 15 is 0 Å². The summed E-state index contributed by atoms with van der Waals surface area (Å²) >= 11 is 1.40. The molecule has 0 atom stereocenters. The first-order chi connectivity index (χ1) is 13.2. The molecule has 27 heavy (non-hydrogen) atoms. The molecule has 7 nitrogen and oxygen atoms in total. The predicted molar refractivity (Wildman–Crippen MR) is 104 cm³/mol. The molecule has 0 fully saturated rings. The average Bonchev–Trinajstić information content (AvgIpc) is 3.40. The van der Waals surface area contributed by atoms with Crippen molar-refractivity contribution in [2.24, 2.45) is 0 Å². The Morgan fingerprint density at radius 3 is 2.56 bits per heavy atom. The molecule has 1 amide bonds. The van der Waals surface area contributed by atoms with Crippen molar-refractivity contribution in [2.75, 3.05) is 5.32 Å². The van der Waals surface area contributed by atoms with Gasteiger partial charge in [0.25, 0.3) is 5.91 Å². The number of hydrogen-bond donors (Lipinski definition) is 1. The molecular formula is C19H16N6OS. The monoisotopic (exact) mass is 376 g/mol. The molecule has 2 aromatic heterocycles. The summed E-state index contributed by atoms with van der Waals surface area (Å²) in [6, 6.07) is 15.3. The van der Waals surface area contributed by atoms with Gasteiger partial charge in [0.1, 0.15) is 6.33 Å². The van der Waals surface area contributed by atoms with Gasteiger partial charge in [-0.05, 0) is 46.7 Å². The molecule has 0 aliphatic heterocycles. The number of aromatic nitrogens is 5. The van der Waals surface area contributed by atoms with Crippen LogP contribution in [0.3, 0.4) is 0 Å². The van der Waals surface area contributed by atoms with Crippen LogP contribution in [0.2, 0.25) is 0 Å². The number of carbonyl (C=O) groups excluding carboxylic acids is 1. The van der Waals surface area contributed by atoms with E-state index in [0.717, 1.165) is 23.4 Å². The van der Waals surface area contributed by atoms with Crippen LogP contribution in [0.4, 0.5) is 5.13 Å². The minimum Gasteiger partial charge on any atom is -0.298 e. The Hall–Kier alpha value is -3.39. The standard InChI is InChI=1S/C19H16N6OS/c1-2-13-3-5-14(6-4-13)17-11-27-19(21-17)22-18(26)15-7-9-16(10-8-15)25-12-20-23-24-25/h3-12H,2H2,1H3,(H,21,22,26). The van der Waals surface area contributed by atoms with E-state index in [9.17, 15) is 4.79 Å². The van der Waals surface area contributed by atoms with Crippen molar-refractivity contribution < 1.29 is 4.79 Å². The van der Waals surface area contributed by atoms with Gasteiger partial charge in [0.2, 0.25) is 0 Å². The maximum Gasteiger partial charge on any atom is 0.257 e. The normalized spacial score (nSPS) is 10.7. The molecule has 0 aliphatic carbocycles. The first kappa shape index (κ1) is 17.0. The number of carbonyl (C=O) groups is 1. The van der Waals surface area contributed by atoms with Crippen LogP contribution in [0.1, 0.15) is 22.8 Å². The van der Waals surface area contributed by atoms with Gasteiger partial charge in [0, 0.05) is 16.5 Å². The van der Waals surface area contributed by atoms with E-state index in [1.807, 2.05) is 5.38 Å². The zero-order valence-corrected chi connectivity index (χ0v) is 15.3. The smallest absolute Gasteiger partial charge is 0.257 e. The average molecular weight is 376 g/mol. The topological polar surface area (TPSA) is 85.6 Å². The Balaban J connectivity index is 1.46. The molecule has 134 valence electrons. The highest BCUT2D eigenvalue weighted by Gasteiger charge is 2.10. The van der Waals surface area contributed by atoms with Crippen LogP contribution in [0, 0.1) is 0 Å². The highest BCUT2D eigenvalue weighted by atomic mass is 32.1. The molecule has 0 bridgehead atoms. The Morgan fingerprint density at radius 1 is 1.11 bits per heavy atom. The second-order valence-corrected chi connectivity index (χ2v) is 6.70. The summed E-state index contributed by atoms with van der Waals surface area (Å²) in [6.07, 6.45) is 2.50. The van der Waals surface area contributed by atoms with E-state index in [0.29, 0.717) is 10.7 Å². The summed E-state index contributed by atoms with van der Waals surface area (Å²) < 4.78 is 1.53. The summed E-state index contributed by atoms with van der Waals surface area (Å²) in [5.74, 6) is -0.208. The van der Waals surface area contributed by atoms with Crippen LogP contribution in [-0.4, -0.2) is 31.1 Å². The van der Waals surface area contributed by atoms with Gasteiger partial charge in [-0.3, -0.25) is 10.1 Å². The molecule has 4 rings (SSSR count). The van der Waals surface area contributed by atoms with Crippen LogP contribution in [-0.2, 0) is 6.42 Å².